The Bertz CT molecular complexity index is 1430. The van der Waals surface area contributed by atoms with Crippen LogP contribution in [0.3, 0.4) is 0 Å². The maximum atomic E-state index is 13.2. The van der Waals surface area contributed by atoms with Gasteiger partial charge in [0.1, 0.15) is 11.5 Å². The molecule has 0 spiro atoms. The number of hydrogen-bond donors (Lipinski definition) is 3. The molecule has 40 heavy (non-hydrogen) atoms. The smallest absolute Gasteiger partial charge is 0.416 e. The van der Waals surface area contributed by atoms with Crippen LogP contribution in [0.4, 0.5) is 39.8 Å². The van der Waals surface area contributed by atoms with E-state index in [9.17, 15) is 22.8 Å². The van der Waals surface area contributed by atoms with Gasteiger partial charge >= 0.3 is 18.2 Å². The molecule has 0 saturated carbocycles. The van der Waals surface area contributed by atoms with E-state index in [-0.39, 0.29) is 18.8 Å². The average molecular weight is 569 g/mol. The molecule has 0 bridgehead atoms. The van der Waals surface area contributed by atoms with E-state index in [4.69, 9.17) is 16.3 Å². The monoisotopic (exact) mass is 568 g/mol. The number of nitrogens with zero attached hydrogens (tertiary/aromatic N) is 1. The highest BCUT2D eigenvalue weighted by molar-refractivity contribution is 6.30. The molecule has 206 valence electrons. The van der Waals surface area contributed by atoms with Crippen molar-refractivity contribution in [2.75, 3.05) is 28.6 Å². The zero-order chi connectivity index (χ0) is 28.5. The van der Waals surface area contributed by atoms with Crippen LogP contribution in [0.1, 0.15) is 5.56 Å². The number of urea groups is 2. The summed E-state index contributed by atoms with van der Waals surface area (Å²) < 4.78 is 44.7. The van der Waals surface area contributed by atoms with Crippen LogP contribution in [0.25, 0.3) is 0 Å². The van der Waals surface area contributed by atoms with Gasteiger partial charge < -0.3 is 20.7 Å². The van der Waals surface area contributed by atoms with Crippen molar-refractivity contribution >= 4 is 40.7 Å². The lowest BCUT2D eigenvalue weighted by molar-refractivity contribution is -0.137. The molecule has 0 atom stereocenters. The van der Waals surface area contributed by atoms with Gasteiger partial charge in [-0.25, -0.2) is 9.59 Å². The molecule has 7 nitrogen and oxygen atoms in total. The predicted molar refractivity (Wildman–Crippen MR) is 149 cm³/mol. The number of halogens is 4. The Kier molecular flexibility index (Phi) is 9.13. The summed E-state index contributed by atoms with van der Waals surface area (Å²) >= 11 is 5.93. The van der Waals surface area contributed by atoms with Crippen LogP contribution in [0.2, 0.25) is 5.02 Å². The molecule has 0 aliphatic rings. The van der Waals surface area contributed by atoms with Gasteiger partial charge in [-0.15, -0.1) is 0 Å². The SMILES string of the molecule is O=C(NCCN(C(=O)Nc1ccc(Cl)cc1)c1ccc(Oc2ccccc2)cc1)Nc1cccc(C(F)(F)F)c1. The van der Waals surface area contributed by atoms with Crippen molar-refractivity contribution < 1.29 is 27.5 Å². The van der Waals surface area contributed by atoms with Gasteiger partial charge in [0.2, 0.25) is 0 Å². The van der Waals surface area contributed by atoms with E-state index in [1.807, 2.05) is 30.3 Å². The van der Waals surface area contributed by atoms with Gasteiger partial charge in [0.05, 0.1) is 5.56 Å². The van der Waals surface area contributed by atoms with Gasteiger partial charge in [0.15, 0.2) is 0 Å². The van der Waals surface area contributed by atoms with Crippen LogP contribution in [0.15, 0.2) is 103 Å². The molecule has 0 saturated heterocycles. The number of carbonyl (C=O) groups excluding carboxylic acids is 2. The maximum Gasteiger partial charge on any atom is 0.416 e. The number of carbonyl (C=O) groups is 2. The molecule has 0 unspecified atom stereocenters. The Labute approximate surface area is 233 Å². The minimum atomic E-state index is -4.53. The Morgan fingerprint density at radius 1 is 0.775 bits per heavy atom. The Morgan fingerprint density at radius 2 is 1.45 bits per heavy atom. The summed E-state index contributed by atoms with van der Waals surface area (Å²) in [5.74, 6) is 1.22. The fourth-order valence-electron chi connectivity index (χ4n) is 3.62. The van der Waals surface area contributed by atoms with E-state index >= 15 is 0 Å². The lowest BCUT2D eigenvalue weighted by Gasteiger charge is -2.24. The average Bonchev–Trinajstić information content (AvgIpc) is 2.93. The van der Waals surface area contributed by atoms with Crippen LogP contribution in [0, 0.1) is 0 Å². The van der Waals surface area contributed by atoms with Crippen molar-refractivity contribution in [1.29, 1.82) is 0 Å². The Morgan fingerprint density at radius 3 is 2.12 bits per heavy atom. The second kappa shape index (κ2) is 12.9. The van der Waals surface area contributed by atoms with Crippen LogP contribution in [-0.2, 0) is 6.18 Å². The highest BCUT2D eigenvalue weighted by Crippen LogP contribution is 2.30. The summed E-state index contributed by atoms with van der Waals surface area (Å²) in [5, 5.41) is 8.24. The number of hydrogen-bond acceptors (Lipinski definition) is 3. The summed E-state index contributed by atoms with van der Waals surface area (Å²) in [6, 6.07) is 25.7. The first-order chi connectivity index (χ1) is 19.2. The zero-order valence-corrected chi connectivity index (χ0v) is 21.7. The zero-order valence-electron chi connectivity index (χ0n) is 20.9. The first kappa shape index (κ1) is 28.3. The van der Waals surface area contributed by atoms with E-state index in [0.717, 1.165) is 12.1 Å². The summed E-state index contributed by atoms with van der Waals surface area (Å²) in [6.45, 7) is 0.0510. The molecule has 0 radical (unpaired) electrons. The number of anilines is 3. The summed E-state index contributed by atoms with van der Waals surface area (Å²) in [7, 11) is 0. The largest absolute Gasteiger partial charge is 0.457 e. The van der Waals surface area contributed by atoms with E-state index < -0.39 is 23.8 Å². The third-order valence-electron chi connectivity index (χ3n) is 5.54. The standard InChI is InChI=1S/C29H24ClF3N4O3/c30-21-9-11-22(12-10-21)36-28(39)37(24-13-15-26(16-14-24)40-25-7-2-1-3-8-25)18-17-34-27(38)35-23-6-4-5-20(19-23)29(31,32)33/h1-16,19H,17-18H2,(H,36,39)(H2,34,35,38). The molecule has 0 fully saturated rings. The van der Waals surface area contributed by atoms with E-state index in [0.29, 0.717) is 27.9 Å². The van der Waals surface area contributed by atoms with E-state index in [1.54, 1.807) is 48.5 Å². The number of amides is 4. The third kappa shape index (κ3) is 8.15. The molecule has 0 aliphatic carbocycles. The summed E-state index contributed by atoms with van der Waals surface area (Å²) in [6.07, 6.45) is -4.53. The minimum absolute atomic E-state index is 0.00109. The number of benzene rings is 4. The lowest BCUT2D eigenvalue weighted by atomic mass is 10.2. The van der Waals surface area contributed by atoms with Crippen LogP contribution in [-0.4, -0.2) is 25.2 Å². The van der Waals surface area contributed by atoms with Crippen molar-refractivity contribution in [1.82, 2.24) is 5.32 Å². The molecule has 0 heterocycles. The lowest BCUT2D eigenvalue weighted by Crippen LogP contribution is -2.42. The van der Waals surface area contributed by atoms with Crippen LogP contribution in [0.5, 0.6) is 11.5 Å². The Balaban J connectivity index is 1.42. The van der Waals surface area contributed by atoms with Crippen molar-refractivity contribution in [2.45, 2.75) is 6.18 Å². The molecular weight excluding hydrogens is 545 g/mol. The molecule has 0 aromatic heterocycles. The first-order valence-corrected chi connectivity index (χ1v) is 12.4. The molecule has 4 aromatic rings. The van der Waals surface area contributed by atoms with Crippen molar-refractivity contribution in [3.05, 3.63) is 114 Å². The Hall–Kier alpha value is -4.70. The molecule has 0 aliphatic heterocycles. The predicted octanol–water partition coefficient (Wildman–Crippen LogP) is 8.01. The summed E-state index contributed by atoms with van der Waals surface area (Å²) in [5.41, 5.74) is 0.138. The van der Waals surface area contributed by atoms with Gasteiger partial charge in [-0.3, -0.25) is 4.90 Å². The molecule has 11 heteroatoms. The van der Waals surface area contributed by atoms with Crippen LogP contribution < -0.4 is 25.6 Å². The van der Waals surface area contributed by atoms with E-state index in [1.165, 1.54) is 17.0 Å². The van der Waals surface area contributed by atoms with Crippen molar-refractivity contribution in [3.63, 3.8) is 0 Å². The van der Waals surface area contributed by atoms with Gasteiger partial charge in [0, 0.05) is 35.2 Å². The number of nitrogens with one attached hydrogen (secondary N) is 3. The van der Waals surface area contributed by atoms with Crippen molar-refractivity contribution in [2.24, 2.45) is 0 Å². The number of ether oxygens (including phenoxy) is 1. The van der Waals surface area contributed by atoms with Gasteiger partial charge in [0.25, 0.3) is 0 Å². The highest BCUT2D eigenvalue weighted by Gasteiger charge is 2.30. The van der Waals surface area contributed by atoms with Gasteiger partial charge in [-0.2, -0.15) is 13.2 Å². The molecule has 4 aromatic carbocycles. The molecule has 4 rings (SSSR count). The number of para-hydroxylation sites is 1. The fraction of sp³-hybridized carbons (Fsp3) is 0.103. The van der Waals surface area contributed by atoms with Crippen molar-refractivity contribution in [3.8, 4) is 11.5 Å². The second-order valence-corrected chi connectivity index (χ2v) is 8.89. The van der Waals surface area contributed by atoms with Crippen LogP contribution >= 0.6 is 11.6 Å². The highest BCUT2D eigenvalue weighted by atomic mass is 35.5. The maximum absolute atomic E-state index is 13.2. The topological polar surface area (TPSA) is 82.7 Å². The number of alkyl halides is 3. The molecular formula is C29H24ClF3N4O3. The second-order valence-electron chi connectivity index (χ2n) is 8.46. The fourth-order valence-corrected chi connectivity index (χ4v) is 3.75. The first-order valence-electron chi connectivity index (χ1n) is 12.1. The third-order valence-corrected chi connectivity index (χ3v) is 5.79. The molecule has 3 N–H and O–H groups in total. The normalized spacial score (nSPS) is 10.9. The van der Waals surface area contributed by atoms with Gasteiger partial charge in [-0.05, 0) is 78.9 Å². The van der Waals surface area contributed by atoms with E-state index in [2.05, 4.69) is 16.0 Å². The minimum Gasteiger partial charge on any atom is -0.457 e. The van der Waals surface area contributed by atoms with Gasteiger partial charge in [-0.1, -0.05) is 35.9 Å². The number of rotatable bonds is 8. The quantitative estimate of drug-likeness (QED) is 0.201. The molecule has 4 amide bonds. The summed E-state index contributed by atoms with van der Waals surface area (Å²) in [4.78, 5) is 26.9.